The Morgan fingerprint density at radius 1 is 1.28 bits per heavy atom. The second-order valence-electron chi connectivity index (χ2n) is 3.67. The Bertz CT molecular complexity index is 536. The predicted molar refractivity (Wildman–Crippen MR) is 71.8 cm³/mol. The fourth-order valence-corrected chi connectivity index (χ4v) is 2.45. The predicted octanol–water partition coefficient (Wildman–Crippen LogP) is 3.07. The highest BCUT2D eigenvalue weighted by atomic mass is 35.5. The van der Waals surface area contributed by atoms with Gasteiger partial charge in [0.05, 0.1) is 7.11 Å². The van der Waals surface area contributed by atoms with Crippen LogP contribution in [0, 0.1) is 0 Å². The minimum absolute atomic E-state index is 0.000164. The molecule has 0 aromatic heterocycles. The van der Waals surface area contributed by atoms with E-state index in [2.05, 4.69) is 10.5 Å². The van der Waals surface area contributed by atoms with Gasteiger partial charge in [-0.05, 0) is 43.7 Å². The monoisotopic (exact) mass is 284 g/mol. The normalized spacial score (nSPS) is 11.3. The van der Waals surface area contributed by atoms with Crippen LogP contribution in [0.1, 0.15) is 13.8 Å². The van der Waals surface area contributed by atoms with E-state index in [0.29, 0.717) is 9.92 Å². The number of methoxy groups -OCH3 is 1. The van der Waals surface area contributed by atoms with Crippen LogP contribution >= 0.6 is 11.6 Å². The lowest BCUT2D eigenvalue weighted by Gasteiger charge is -2.03. The lowest BCUT2D eigenvalue weighted by atomic mass is 10.3. The summed E-state index contributed by atoms with van der Waals surface area (Å²) in [6.45, 7) is 3.53. The Balaban J connectivity index is 3.24. The molecule has 0 radical (unpaired) electrons. The zero-order chi connectivity index (χ0) is 13.7. The zero-order valence-electron chi connectivity index (χ0n) is 10.3. The summed E-state index contributed by atoms with van der Waals surface area (Å²) in [5.41, 5.74) is 3.52. The van der Waals surface area contributed by atoms with Gasteiger partial charge in [0.1, 0.15) is 10.8 Å². The molecule has 18 heavy (non-hydrogen) atoms. The first-order chi connectivity index (χ1) is 8.45. The van der Waals surface area contributed by atoms with Crippen LogP contribution < -0.4 is 0 Å². The van der Waals surface area contributed by atoms with Crippen molar-refractivity contribution in [3.05, 3.63) is 45.5 Å². The second-order valence-corrected chi connectivity index (χ2v) is 5.52. The number of ether oxygens (including phenoxy) is 1. The number of hydrogen-bond acceptors (Lipinski definition) is 3. The molecule has 0 N–H and O–H groups in total. The lowest BCUT2D eigenvalue weighted by molar-refractivity contribution is -0.135. The van der Waals surface area contributed by atoms with Gasteiger partial charge in [-0.3, -0.25) is 0 Å². The molecule has 0 aliphatic carbocycles. The smallest absolute Gasteiger partial charge is 0.355 e. The maximum Gasteiger partial charge on any atom is 0.355 e. The van der Waals surface area contributed by atoms with Crippen molar-refractivity contribution < 1.29 is 13.7 Å². The molecule has 3 nitrogen and oxygen atoms in total. The average Bonchev–Trinajstić information content (AvgIpc) is 2.35. The molecule has 0 unspecified atom stereocenters. The molecular formula is C13H13ClO3S. The van der Waals surface area contributed by atoms with Gasteiger partial charge >= 0.3 is 5.97 Å². The van der Waals surface area contributed by atoms with E-state index < -0.39 is 16.8 Å². The van der Waals surface area contributed by atoms with Crippen LogP contribution in [0.3, 0.4) is 0 Å². The fraction of sp³-hybridized carbons (Fsp3) is 0.231. The first-order valence-corrected chi connectivity index (χ1v) is 6.68. The summed E-state index contributed by atoms with van der Waals surface area (Å²) in [6.07, 6.45) is 0. The highest BCUT2D eigenvalue weighted by Crippen LogP contribution is 2.18. The zero-order valence-corrected chi connectivity index (χ0v) is 11.9. The minimum Gasteiger partial charge on any atom is -0.465 e. The first kappa shape index (κ1) is 14.7. The lowest BCUT2D eigenvalue weighted by Crippen LogP contribution is -2.09. The highest BCUT2D eigenvalue weighted by Gasteiger charge is 2.18. The summed E-state index contributed by atoms with van der Waals surface area (Å²) in [7, 11) is -0.384. The topological polar surface area (TPSA) is 43.4 Å². The summed E-state index contributed by atoms with van der Waals surface area (Å²) in [5.74, 6) is -0.649. The molecule has 0 spiro atoms. The number of hydrogen-bond donors (Lipinski definition) is 0. The number of carbonyl (C=O) groups excluding carboxylic acids is 1. The van der Waals surface area contributed by atoms with Crippen LogP contribution in [-0.2, 0) is 20.3 Å². The van der Waals surface area contributed by atoms with Gasteiger partial charge in [-0.15, -0.1) is 0 Å². The van der Waals surface area contributed by atoms with E-state index in [9.17, 15) is 9.00 Å². The van der Waals surface area contributed by atoms with Crippen molar-refractivity contribution in [1.29, 1.82) is 0 Å². The molecule has 1 rings (SSSR count). The van der Waals surface area contributed by atoms with E-state index >= 15 is 0 Å². The molecule has 0 fully saturated rings. The summed E-state index contributed by atoms with van der Waals surface area (Å²) in [5, 5.41) is 0.543. The van der Waals surface area contributed by atoms with Gasteiger partial charge in [0, 0.05) is 9.92 Å². The molecule has 5 heteroatoms. The Morgan fingerprint density at radius 2 is 1.83 bits per heavy atom. The molecule has 0 saturated heterocycles. The largest absolute Gasteiger partial charge is 0.465 e. The number of rotatable bonds is 3. The Morgan fingerprint density at radius 3 is 2.28 bits per heavy atom. The van der Waals surface area contributed by atoms with Crippen molar-refractivity contribution in [3.63, 3.8) is 0 Å². The summed E-state index contributed by atoms with van der Waals surface area (Å²) in [4.78, 5) is 12.1. The van der Waals surface area contributed by atoms with E-state index in [0.717, 1.165) is 5.57 Å². The van der Waals surface area contributed by atoms with E-state index in [1.165, 1.54) is 7.11 Å². The van der Waals surface area contributed by atoms with Crippen LogP contribution in [0.2, 0.25) is 5.02 Å². The molecular weight excluding hydrogens is 272 g/mol. The van der Waals surface area contributed by atoms with E-state index in [1.54, 1.807) is 38.1 Å². The summed E-state index contributed by atoms with van der Waals surface area (Å²) >= 11 is 5.75. The molecule has 1 aromatic rings. The van der Waals surface area contributed by atoms with Crippen LogP contribution in [0.25, 0.3) is 0 Å². The molecule has 0 bridgehead atoms. The maximum absolute atomic E-state index is 12.2. The molecule has 96 valence electrons. The van der Waals surface area contributed by atoms with Gasteiger partial charge in [0.15, 0.2) is 4.91 Å². The highest BCUT2D eigenvalue weighted by molar-refractivity contribution is 7.90. The SMILES string of the molecule is COC(=O)C(=C=C(C)C)[S@](=O)c1ccc(Cl)cc1. The molecule has 0 aliphatic rings. The average molecular weight is 285 g/mol. The van der Waals surface area contributed by atoms with Gasteiger partial charge in [-0.2, -0.15) is 0 Å². The molecule has 1 aromatic carbocycles. The first-order valence-electron chi connectivity index (χ1n) is 5.15. The third-order valence-electron chi connectivity index (χ3n) is 1.95. The van der Waals surface area contributed by atoms with Crippen molar-refractivity contribution in [2.24, 2.45) is 0 Å². The third-order valence-corrected chi connectivity index (χ3v) is 3.54. The Labute approximate surface area is 114 Å². The van der Waals surface area contributed by atoms with Gasteiger partial charge in [-0.1, -0.05) is 17.3 Å². The van der Waals surface area contributed by atoms with Crippen LogP contribution in [0.15, 0.2) is 45.4 Å². The summed E-state index contributed by atoms with van der Waals surface area (Å²) < 4.78 is 16.9. The van der Waals surface area contributed by atoms with Gasteiger partial charge in [0.25, 0.3) is 0 Å². The molecule has 0 amide bonds. The second kappa shape index (κ2) is 6.55. The molecule has 0 saturated carbocycles. The van der Waals surface area contributed by atoms with Gasteiger partial charge < -0.3 is 4.74 Å². The van der Waals surface area contributed by atoms with Gasteiger partial charge in [-0.25, -0.2) is 9.00 Å². The Kier molecular flexibility index (Phi) is 5.35. The van der Waals surface area contributed by atoms with Gasteiger partial charge in [0.2, 0.25) is 0 Å². The molecule has 0 heterocycles. The summed E-state index contributed by atoms with van der Waals surface area (Å²) in [6, 6.07) is 6.44. The molecule has 1 atom stereocenters. The quantitative estimate of drug-likeness (QED) is 0.487. The van der Waals surface area contributed by atoms with Crippen molar-refractivity contribution in [3.8, 4) is 0 Å². The fourth-order valence-electron chi connectivity index (χ4n) is 1.17. The van der Waals surface area contributed by atoms with Crippen LogP contribution in [0.5, 0.6) is 0 Å². The van der Waals surface area contributed by atoms with Crippen molar-refractivity contribution >= 4 is 28.4 Å². The number of esters is 1. The van der Waals surface area contributed by atoms with Crippen LogP contribution in [0.4, 0.5) is 0 Å². The van der Waals surface area contributed by atoms with Crippen LogP contribution in [-0.4, -0.2) is 17.3 Å². The maximum atomic E-state index is 12.2. The molecule has 0 aliphatic heterocycles. The minimum atomic E-state index is -1.63. The number of carbonyl (C=O) groups is 1. The van der Waals surface area contributed by atoms with Crippen molar-refractivity contribution in [1.82, 2.24) is 0 Å². The number of benzene rings is 1. The Hall–Kier alpha value is -1.35. The third kappa shape index (κ3) is 3.84. The number of halogens is 1. The van der Waals surface area contributed by atoms with E-state index in [1.807, 2.05) is 0 Å². The van der Waals surface area contributed by atoms with E-state index in [-0.39, 0.29) is 4.91 Å². The standard InChI is InChI=1S/C13H13ClO3S/c1-9(2)8-12(13(15)17-3)18(16)11-6-4-10(14)5-7-11/h4-7H,1-3H3/t18-/m1/s1. The van der Waals surface area contributed by atoms with Crippen molar-refractivity contribution in [2.75, 3.05) is 7.11 Å². The van der Waals surface area contributed by atoms with E-state index in [4.69, 9.17) is 11.6 Å². The van der Waals surface area contributed by atoms with Crippen molar-refractivity contribution in [2.45, 2.75) is 18.7 Å².